The van der Waals surface area contributed by atoms with Crippen molar-refractivity contribution in [3.8, 4) is 0 Å². The molecule has 66 valence electrons. The summed E-state index contributed by atoms with van der Waals surface area (Å²) in [4.78, 5) is 0. The lowest BCUT2D eigenvalue weighted by molar-refractivity contribution is 0.779. The molecule has 0 bridgehead atoms. The summed E-state index contributed by atoms with van der Waals surface area (Å²) in [6, 6.07) is 10.6. The van der Waals surface area contributed by atoms with E-state index in [1.807, 2.05) is 12.4 Å². The first-order valence-electron chi connectivity index (χ1n) is 4.58. The maximum atomic E-state index is 3.04. The number of hydrogen-bond donors (Lipinski definition) is 1. The summed E-state index contributed by atoms with van der Waals surface area (Å²) < 4.78 is 0. The second-order valence-electron chi connectivity index (χ2n) is 3.24. The topological polar surface area (TPSA) is 12.0 Å². The van der Waals surface area contributed by atoms with Gasteiger partial charge in [-0.3, -0.25) is 0 Å². The molecular formula is C12H13N. The van der Waals surface area contributed by atoms with Crippen LogP contribution in [0, 0.1) is 5.92 Å². The zero-order chi connectivity index (χ0) is 8.93. The number of dihydropyridines is 1. The number of allylic oxidation sites excluding steroid dienone is 2. The van der Waals surface area contributed by atoms with Crippen molar-refractivity contribution in [1.29, 1.82) is 0 Å². The third-order valence-corrected chi connectivity index (χ3v) is 2.19. The highest BCUT2D eigenvalue weighted by Gasteiger charge is 2.03. The smallest absolute Gasteiger partial charge is 0.00216 e. The maximum Gasteiger partial charge on any atom is 0.00216 e. The predicted octanol–water partition coefficient (Wildman–Crippen LogP) is 2.48. The Morgan fingerprint density at radius 1 is 1.00 bits per heavy atom. The first-order chi connectivity index (χ1) is 6.45. The Morgan fingerprint density at radius 3 is 2.38 bits per heavy atom. The molecule has 1 aliphatic rings. The Labute approximate surface area is 78.8 Å². The molecule has 0 amide bonds. The summed E-state index contributed by atoms with van der Waals surface area (Å²) in [6.07, 6.45) is 9.46. The quantitative estimate of drug-likeness (QED) is 0.720. The van der Waals surface area contributed by atoms with Gasteiger partial charge in [0.2, 0.25) is 0 Å². The molecule has 2 rings (SSSR count). The molecule has 0 atom stereocenters. The summed E-state index contributed by atoms with van der Waals surface area (Å²) >= 11 is 0. The van der Waals surface area contributed by atoms with E-state index in [1.165, 1.54) is 5.56 Å². The minimum Gasteiger partial charge on any atom is -0.368 e. The molecule has 13 heavy (non-hydrogen) atoms. The molecule has 1 N–H and O–H groups in total. The van der Waals surface area contributed by atoms with E-state index in [4.69, 9.17) is 0 Å². The van der Waals surface area contributed by atoms with E-state index in [-0.39, 0.29) is 0 Å². The van der Waals surface area contributed by atoms with E-state index >= 15 is 0 Å². The second kappa shape index (κ2) is 3.94. The van der Waals surface area contributed by atoms with Gasteiger partial charge in [0.1, 0.15) is 0 Å². The molecule has 0 fully saturated rings. The van der Waals surface area contributed by atoms with Crippen LogP contribution in [0.15, 0.2) is 54.9 Å². The van der Waals surface area contributed by atoms with Crippen LogP contribution in [0.5, 0.6) is 0 Å². The zero-order valence-corrected chi connectivity index (χ0v) is 7.48. The molecule has 1 aliphatic heterocycles. The number of hydrogen-bond acceptors (Lipinski definition) is 1. The molecule has 1 heterocycles. The lowest BCUT2D eigenvalue weighted by Crippen LogP contribution is -2.06. The fourth-order valence-corrected chi connectivity index (χ4v) is 1.50. The third-order valence-electron chi connectivity index (χ3n) is 2.19. The van der Waals surface area contributed by atoms with E-state index in [9.17, 15) is 0 Å². The normalized spacial score (nSPS) is 15.7. The van der Waals surface area contributed by atoms with Crippen LogP contribution in [0.3, 0.4) is 0 Å². The molecule has 0 unspecified atom stereocenters. The van der Waals surface area contributed by atoms with Gasteiger partial charge in [-0.25, -0.2) is 0 Å². The molecule has 0 spiro atoms. The van der Waals surface area contributed by atoms with Crippen LogP contribution < -0.4 is 5.32 Å². The van der Waals surface area contributed by atoms with Crippen LogP contribution in [0.25, 0.3) is 0 Å². The number of benzene rings is 1. The summed E-state index contributed by atoms with van der Waals surface area (Å²) in [5.74, 6) is 0.545. The molecule has 1 nitrogen and oxygen atoms in total. The van der Waals surface area contributed by atoms with Gasteiger partial charge in [-0.1, -0.05) is 42.5 Å². The van der Waals surface area contributed by atoms with Crippen molar-refractivity contribution in [2.24, 2.45) is 5.92 Å². The largest absolute Gasteiger partial charge is 0.368 e. The average Bonchev–Trinajstić information content (AvgIpc) is 2.21. The van der Waals surface area contributed by atoms with Gasteiger partial charge >= 0.3 is 0 Å². The van der Waals surface area contributed by atoms with Crippen molar-refractivity contribution in [3.63, 3.8) is 0 Å². The Kier molecular flexibility index (Phi) is 2.46. The molecular weight excluding hydrogens is 158 g/mol. The van der Waals surface area contributed by atoms with Crippen molar-refractivity contribution in [2.45, 2.75) is 6.42 Å². The first kappa shape index (κ1) is 8.11. The fraction of sp³-hybridized carbons (Fsp3) is 0.167. The minimum absolute atomic E-state index is 0.545. The summed E-state index contributed by atoms with van der Waals surface area (Å²) in [5, 5.41) is 3.04. The standard InChI is InChI=1S/C12H13N/c1-2-4-11(5-3-1)10-12-6-8-13-9-7-12/h1-9,12-13H,10H2. The average molecular weight is 171 g/mol. The molecule has 1 aromatic carbocycles. The summed E-state index contributed by atoms with van der Waals surface area (Å²) in [5.41, 5.74) is 1.39. The summed E-state index contributed by atoms with van der Waals surface area (Å²) in [6.45, 7) is 0. The summed E-state index contributed by atoms with van der Waals surface area (Å²) in [7, 11) is 0. The van der Waals surface area contributed by atoms with E-state index < -0.39 is 0 Å². The first-order valence-corrected chi connectivity index (χ1v) is 4.58. The van der Waals surface area contributed by atoms with Crippen molar-refractivity contribution in [2.75, 3.05) is 0 Å². The van der Waals surface area contributed by atoms with Gasteiger partial charge in [0, 0.05) is 5.92 Å². The third kappa shape index (κ3) is 2.22. The Morgan fingerprint density at radius 2 is 1.69 bits per heavy atom. The highest BCUT2D eigenvalue weighted by Crippen LogP contribution is 2.12. The van der Waals surface area contributed by atoms with Crippen LogP contribution in [0.4, 0.5) is 0 Å². The van der Waals surface area contributed by atoms with Gasteiger partial charge in [-0.05, 0) is 24.4 Å². The SMILES string of the molecule is C1=CC(Cc2ccccc2)C=CN1. The van der Waals surface area contributed by atoms with Crippen molar-refractivity contribution in [3.05, 3.63) is 60.4 Å². The number of nitrogens with one attached hydrogen (secondary N) is 1. The van der Waals surface area contributed by atoms with Crippen LogP contribution in [-0.2, 0) is 6.42 Å². The van der Waals surface area contributed by atoms with Gasteiger partial charge < -0.3 is 5.32 Å². The molecule has 0 radical (unpaired) electrons. The van der Waals surface area contributed by atoms with Crippen LogP contribution in [0.2, 0.25) is 0 Å². The molecule has 0 aliphatic carbocycles. The molecule has 0 aromatic heterocycles. The number of rotatable bonds is 2. The Bertz CT molecular complexity index is 299. The van der Waals surface area contributed by atoms with E-state index in [2.05, 4.69) is 47.8 Å². The monoisotopic (exact) mass is 171 g/mol. The lowest BCUT2D eigenvalue weighted by atomic mass is 9.98. The Hall–Kier alpha value is -1.50. The van der Waals surface area contributed by atoms with Crippen LogP contribution >= 0.6 is 0 Å². The molecule has 0 saturated heterocycles. The highest BCUT2D eigenvalue weighted by molar-refractivity contribution is 5.19. The lowest BCUT2D eigenvalue weighted by Gasteiger charge is -2.11. The molecule has 1 heteroatoms. The minimum atomic E-state index is 0.545. The van der Waals surface area contributed by atoms with E-state index in [0.29, 0.717) is 5.92 Å². The van der Waals surface area contributed by atoms with Crippen molar-refractivity contribution < 1.29 is 0 Å². The highest BCUT2D eigenvalue weighted by atomic mass is 14.8. The van der Waals surface area contributed by atoms with Gasteiger partial charge in [0.05, 0.1) is 0 Å². The van der Waals surface area contributed by atoms with Crippen molar-refractivity contribution in [1.82, 2.24) is 5.32 Å². The van der Waals surface area contributed by atoms with Gasteiger partial charge in [-0.15, -0.1) is 0 Å². The van der Waals surface area contributed by atoms with E-state index in [1.54, 1.807) is 0 Å². The Balaban J connectivity index is 2.02. The molecule has 0 saturated carbocycles. The maximum absolute atomic E-state index is 3.04. The van der Waals surface area contributed by atoms with Crippen molar-refractivity contribution >= 4 is 0 Å². The second-order valence-corrected chi connectivity index (χ2v) is 3.24. The molecule has 1 aromatic rings. The van der Waals surface area contributed by atoms with Crippen LogP contribution in [0.1, 0.15) is 5.56 Å². The van der Waals surface area contributed by atoms with E-state index in [0.717, 1.165) is 6.42 Å². The van der Waals surface area contributed by atoms with Gasteiger partial charge in [0.15, 0.2) is 0 Å². The fourth-order valence-electron chi connectivity index (χ4n) is 1.50. The zero-order valence-electron chi connectivity index (χ0n) is 7.48. The predicted molar refractivity (Wildman–Crippen MR) is 55.1 cm³/mol. The van der Waals surface area contributed by atoms with Gasteiger partial charge in [0.25, 0.3) is 0 Å². The van der Waals surface area contributed by atoms with Gasteiger partial charge in [-0.2, -0.15) is 0 Å². The van der Waals surface area contributed by atoms with Crippen LogP contribution in [-0.4, -0.2) is 0 Å².